The van der Waals surface area contributed by atoms with Crippen molar-refractivity contribution in [2.75, 3.05) is 6.61 Å². The predicted octanol–water partition coefficient (Wildman–Crippen LogP) is 5.62. The molecule has 0 radical (unpaired) electrons. The summed E-state index contributed by atoms with van der Waals surface area (Å²) >= 11 is 0. The zero-order valence-electron chi connectivity index (χ0n) is 16.5. The molecular formula is C25H21NO4. The maximum atomic E-state index is 10.8. The van der Waals surface area contributed by atoms with E-state index >= 15 is 0 Å². The number of hydrogen-bond acceptors (Lipinski definition) is 4. The Morgan fingerprint density at radius 1 is 0.967 bits per heavy atom. The lowest BCUT2D eigenvalue weighted by Gasteiger charge is -2.10. The molecule has 5 nitrogen and oxygen atoms in total. The van der Waals surface area contributed by atoms with Gasteiger partial charge in [0.15, 0.2) is 12.4 Å². The summed E-state index contributed by atoms with van der Waals surface area (Å²) in [7, 11) is 0. The molecule has 150 valence electrons. The lowest BCUT2D eigenvalue weighted by molar-refractivity contribution is -0.139. The van der Waals surface area contributed by atoms with Gasteiger partial charge in [-0.1, -0.05) is 72.8 Å². The Labute approximate surface area is 174 Å². The van der Waals surface area contributed by atoms with E-state index in [0.717, 1.165) is 28.1 Å². The van der Waals surface area contributed by atoms with Gasteiger partial charge in [-0.2, -0.15) is 0 Å². The fourth-order valence-corrected chi connectivity index (χ4v) is 3.26. The smallest absolute Gasteiger partial charge is 0.341 e. The molecule has 0 fully saturated rings. The molecule has 0 amide bonds. The normalized spacial score (nSPS) is 11.8. The molecule has 0 bridgehead atoms. The Morgan fingerprint density at radius 3 is 2.30 bits per heavy atom. The van der Waals surface area contributed by atoms with E-state index in [9.17, 15) is 4.79 Å². The zero-order valence-corrected chi connectivity index (χ0v) is 16.5. The summed E-state index contributed by atoms with van der Waals surface area (Å²) in [6.07, 6.45) is 0. The van der Waals surface area contributed by atoms with E-state index in [1.165, 1.54) is 0 Å². The average molecular weight is 399 g/mol. The van der Waals surface area contributed by atoms with Crippen LogP contribution in [0.1, 0.15) is 24.3 Å². The molecule has 5 heteroatoms. The first-order valence-corrected chi connectivity index (χ1v) is 9.68. The van der Waals surface area contributed by atoms with E-state index in [1.807, 2.05) is 85.8 Å². The molecule has 0 aliphatic rings. The summed E-state index contributed by atoms with van der Waals surface area (Å²) in [5, 5.41) is 8.83. The second-order valence-corrected chi connectivity index (χ2v) is 6.94. The summed E-state index contributed by atoms with van der Waals surface area (Å²) < 4.78 is 11.6. The number of benzene rings is 3. The third kappa shape index (κ3) is 4.25. The van der Waals surface area contributed by atoms with Crippen LogP contribution in [0.4, 0.5) is 0 Å². The third-order valence-electron chi connectivity index (χ3n) is 4.82. The number of carboxylic acid groups (broad SMARTS) is 1. The van der Waals surface area contributed by atoms with E-state index in [0.29, 0.717) is 11.6 Å². The number of carbonyl (C=O) groups is 1. The van der Waals surface area contributed by atoms with Crippen molar-refractivity contribution < 1.29 is 19.1 Å². The first kappa shape index (κ1) is 19.5. The number of nitrogens with zero attached hydrogens (tertiary/aromatic N) is 1. The Kier molecular flexibility index (Phi) is 5.61. The molecule has 3 aromatic carbocycles. The summed E-state index contributed by atoms with van der Waals surface area (Å²) in [4.78, 5) is 15.6. The molecule has 1 unspecified atom stereocenters. The third-order valence-corrected chi connectivity index (χ3v) is 4.82. The van der Waals surface area contributed by atoms with Gasteiger partial charge in [-0.05, 0) is 24.6 Å². The minimum Gasteiger partial charge on any atom is -0.482 e. The number of rotatable bonds is 7. The summed E-state index contributed by atoms with van der Waals surface area (Å²) in [5.74, 6) is 0.657. The molecule has 30 heavy (non-hydrogen) atoms. The van der Waals surface area contributed by atoms with Crippen LogP contribution in [0.25, 0.3) is 22.6 Å². The second-order valence-electron chi connectivity index (χ2n) is 6.94. The van der Waals surface area contributed by atoms with Gasteiger partial charge < -0.3 is 14.3 Å². The molecule has 1 aromatic heterocycles. The molecule has 1 heterocycles. The van der Waals surface area contributed by atoms with E-state index in [-0.39, 0.29) is 12.5 Å². The number of oxazole rings is 1. The van der Waals surface area contributed by atoms with Crippen molar-refractivity contribution in [2.24, 2.45) is 0 Å². The van der Waals surface area contributed by atoms with Crippen molar-refractivity contribution in [3.8, 4) is 28.3 Å². The van der Waals surface area contributed by atoms with E-state index < -0.39 is 5.97 Å². The Bertz CT molecular complexity index is 1080. The van der Waals surface area contributed by atoms with Crippen LogP contribution in [-0.4, -0.2) is 22.7 Å². The van der Waals surface area contributed by atoms with Gasteiger partial charge in [0, 0.05) is 11.1 Å². The largest absolute Gasteiger partial charge is 0.482 e. The second kappa shape index (κ2) is 8.66. The van der Waals surface area contributed by atoms with Crippen LogP contribution in [0, 0.1) is 0 Å². The van der Waals surface area contributed by atoms with Crippen LogP contribution in [0.5, 0.6) is 5.75 Å². The van der Waals surface area contributed by atoms with Gasteiger partial charge in [0.05, 0.1) is 5.92 Å². The molecule has 0 aliphatic heterocycles. The number of ether oxygens (including phenoxy) is 1. The Hall–Kier alpha value is -3.86. The monoisotopic (exact) mass is 399 g/mol. The molecule has 0 aliphatic carbocycles. The van der Waals surface area contributed by atoms with Crippen molar-refractivity contribution in [2.45, 2.75) is 12.8 Å². The lowest BCUT2D eigenvalue weighted by Crippen LogP contribution is -2.09. The number of aromatic nitrogens is 1. The summed E-state index contributed by atoms with van der Waals surface area (Å²) in [5.41, 5.74) is 3.67. The van der Waals surface area contributed by atoms with Crippen molar-refractivity contribution in [1.82, 2.24) is 4.98 Å². The quantitative estimate of drug-likeness (QED) is 0.436. The minimum atomic E-state index is -1.01. The molecule has 1 atom stereocenters. The van der Waals surface area contributed by atoms with Gasteiger partial charge in [0.2, 0.25) is 5.89 Å². The van der Waals surface area contributed by atoms with Gasteiger partial charge in [0.25, 0.3) is 0 Å². The van der Waals surface area contributed by atoms with Crippen LogP contribution >= 0.6 is 0 Å². The van der Waals surface area contributed by atoms with Crippen LogP contribution in [-0.2, 0) is 4.79 Å². The first-order valence-electron chi connectivity index (χ1n) is 9.68. The van der Waals surface area contributed by atoms with Crippen LogP contribution < -0.4 is 4.74 Å². The fourth-order valence-electron chi connectivity index (χ4n) is 3.26. The molecule has 4 rings (SSSR count). The number of carboxylic acids is 1. The molecule has 1 N–H and O–H groups in total. The summed E-state index contributed by atoms with van der Waals surface area (Å²) in [6, 6.07) is 27.2. The maximum Gasteiger partial charge on any atom is 0.341 e. The van der Waals surface area contributed by atoms with Crippen LogP contribution in [0.3, 0.4) is 0 Å². The van der Waals surface area contributed by atoms with Gasteiger partial charge >= 0.3 is 5.97 Å². The fraction of sp³-hybridized carbons (Fsp3) is 0.120. The topological polar surface area (TPSA) is 72.6 Å². The van der Waals surface area contributed by atoms with Crippen molar-refractivity contribution in [3.05, 3.63) is 96.4 Å². The van der Waals surface area contributed by atoms with Crippen molar-refractivity contribution in [1.29, 1.82) is 0 Å². The highest BCUT2D eigenvalue weighted by Gasteiger charge is 2.21. The SMILES string of the molecule is CC(c1cccc(OCC(=O)O)c1)c1nc(-c2ccccc2)c(-c2ccccc2)o1. The average Bonchev–Trinajstić information content (AvgIpc) is 3.24. The number of hydrogen-bond donors (Lipinski definition) is 1. The van der Waals surface area contributed by atoms with Crippen molar-refractivity contribution >= 4 is 5.97 Å². The van der Waals surface area contributed by atoms with Gasteiger partial charge in [0.1, 0.15) is 11.4 Å². The highest BCUT2D eigenvalue weighted by Crippen LogP contribution is 2.36. The first-order chi connectivity index (χ1) is 14.6. The Morgan fingerprint density at radius 2 is 1.63 bits per heavy atom. The van der Waals surface area contributed by atoms with Crippen molar-refractivity contribution in [3.63, 3.8) is 0 Å². The highest BCUT2D eigenvalue weighted by molar-refractivity contribution is 5.76. The highest BCUT2D eigenvalue weighted by atomic mass is 16.5. The molecule has 0 saturated carbocycles. The molecule has 0 saturated heterocycles. The van der Waals surface area contributed by atoms with Crippen LogP contribution in [0.2, 0.25) is 0 Å². The van der Waals surface area contributed by atoms with Gasteiger partial charge in [-0.15, -0.1) is 0 Å². The van der Waals surface area contributed by atoms with Gasteiger partial charge in [-0.3, -0.25) is 0 Å². The minimum absolute atomic E-state index is 0.140. The molecular weight excluding hydrogens is 378 g/mol. The molecule has 4 aromatic rings. The van der Waals surface area contributed by atoms with E-state index in [2.05, 4.69) is 0 Å². The lowest BCUT2D eigenvalue weighted by atomic mass is 10.0. The zero-order chi connectivity index (χ0) is 20.9. The predicted molar refractivity (Wildman–Crippen MR) is 114 cm³/mol. The van der Waals surface area contributed by atoms with E-state index in [1.54, 1.807) is 6.07 Å². The van der Waals surface area contributed by atoms with Crippen LogP contribution in [0.15, 0.2) is 89.3 Å². The standard InChI is InChI=1S/C25H21NO4/c1-17(20-13-8-14-21(15-20)29-16-22(27)28)25-26-23(18-9-4-2-5-10-18)24(30-25)19-11-6-3-7-12-19/h2-15,17H,16H2,1H3,(H,27,28). The molecule has 0 spiro atoms. The van der Waals surface area contributed by atoms with Gasteiger partial charge in [-0.25, -0.2) is 9.78 Å². The maximum absolute atomic E-state index is 10.8. The summed E-state index contributed by atoms with van der Waals surface area (Å²) in [6.45, 7) is 1.62. The van der Waals surface area contributed by atoms with E-state index in [4.69, 9.17) is 19.2 Å². The Balaban J connectivity index is 1.72. The number of aliphatic carboxylic acids is 1.